The third-order valence-electron chi connectivity index (χ3n) is 11.5. The van der Waals surface area contributed by atoms with Gasteiger partial charge < -0.3 is 38.7 Å². The summed E-state index contributed by atoms with van der Waals surface area (Å²) in [5.41, 5.74) is 2.37. The van der Waals surface area contributed by atoms with Gasteiger partial charge in [-0.1, -0.05) is 164 Å². The van der Waals surface area contributed by atoms with Gasteiger partial charge in [-0.3, -0.25) is 9.59 Å². The van der Waals surface area contributed by atoms with E-state index in [0.717, 1.165) is 141 Å². The van der Waals surface area contributed by atoms with Crippen LogP contribution in [0.2, 0.25) is 0 Å². The van der Waals surface area contributed by atoms with Crippen molar-refractivity contribution in [3.63, 3.8) is 0 Å². The number of ether oxygens (including phenoxy) is 4. The maximum atomic E-state index is 11.5. The van der Waals surface area contributed by atoms with Gasteiger partial charge in [0.25, 0.3) is 0 Å². The fourth-order valence-corrected chi connectivity index (χ4v) is 7.98. The van der Waals surface area contributed by atoms with Crippen LogP contribution in [0.15, 0.2) is 60.7 Å². The van der Waals surface area contributed by atoms with E-state index in [9.17, 15) is 29.4 Å². The minimum absolute atomic E-state index is 0. The quantitative estimate of drug-likeness (QED) is 0.0358. The second-order valence-electron chi connectivity index (χ2n) is 17.5. The van der Waals surface area contributed by atoms with E-state index in [4.69, 9.17) is 18.9 Å². The molecule has 2 aromatic rings. The molecule has 4 unspecified atom stereocenters. The first-order valence-electron chi connectivity index (χ1n) is 25.1. The van der Waals surface area contributed by atoms with Gasteiger partial charge in [-0.05, 0) is 101 Å². The van der Waals surface area contributed by atoms with E-state index in [1.165, 1.54) is 50.7 Å². The second-order valence-corrected chi connectivity index (χ2v) is 17.5. The zero-order valence-electron chi connectivity index (χ0n) is 41.1. The number of carboxylic acid groups (broad SMARTS) is 2. The summed E-state index contributed by atoms with van der Waals surface area (Å²) < 4.78 is 23.5. The summed E-state index contributed by atoms with van der Waals surface area (Å²) in [6.07, 6.45) is 27.1. The first-order valence-corrected chi connectivity index (χ1v) is 25.1. The smallest absolute Gasteiger partial charge is 0.550 e. The van der Waals surface area contributed by atoms with Gasteiger partial charge in [0.1, 0.15) is 12.2 Å². The van der Waals surface area contributed by atoms with Crippen molar-refractivity contribution >= 4 is 72.8 Å². The molecule has 0 heterocycles. The Kier molecular flexibility index (Phi) is 42.8. The van der Waals surface area contributed by atoms with Crippen LogP contribution in [-0.2, 0) is 51.3 Å². The molecule has 4 atom stereocenters. The van der Waals surface area contributed by atoms with Crippen LogP contribution >= 0.6 is 0 Å². The average Bonchev–Trinajstić information content (AvgIpc) is 3.26. The van der Waals surface area contributed by atoms with Gasteiger partial charge in [-0.25, -0.2) is 0 Å². The number of hydrogen-bond acceptors (Lipinski definition) is 10. The molecule has 0 N–H and O–H groups in total. The number of aliphatic carboxylic acids is 2. The molecule has 0 fully saturated rings. The first kappa shape index (κ1) is 62.8. The number of carbonyl (C=O) groups excluding carboxylic acids is 4. The van der Waals surface area contributed by atoms with E-state index in [1.54, 1.807) is 0 Å². The number of benzene rings is 2. The Hall–Kier alpha value is -2.19. The Balaban J connectivity index is 0.00000124. The topological polar surface area (TPSA) is 151 Å². The molecule has 10 nitrogen and oxygen atoms in total. The number of carbonyl (C=O) groups is 4. The fourth-order valence-electron chi connectivity index (χ4n) is 7.98. The standard InChI is InChI=1S/2C27H44O5.Ba/c2*1-3-15-25(31-22-24-16-11-10-12-17-24)20-21-26(32-23(2)28)18-13-8-6-4-5-7-9-14-19-27(29)30;/h2*10-12,16-17,25-26H,3-9,13-15,18-22H2,1-2H3,(H,29,30);/q;;+2/p-2. The summed E-state index contributed by atoms with van der Waals surface area (Å²) in [4.78, 5) is 43.9. The third-order valence-corrected chi connectivity index (χ3v) is 11.5. The maximum Gasteiger partial charge on any atom is 2.00 e. The zero-order valence-corrected chi connectivity index (χ0v) is 45.5. The largest absolute Gasteiger partial charge is 2.00 e. The van der Waals surface area contributed by atoms with Crippen LogP contribution in [0.4, 0.5) is 0 Å². The van der Waals surface area contributed by atoms with Gasteiger partial charge in [0.05, 0.1) is 25.4 Å². The summed E-state index contributed by atoms with van der Waals surface area (Å²) in [5.74, 6) is -2.31. The summed E-state index contributed by atoms with van der Waals surface area (Å²) in [5, 5.41) is 20.8. The van der Waals surface area contributed by atoms with Crippen molar-refractivity contribution in [2.24, 2.45) is 0 Å². The van der Waals surface area contributed by atoms with Gasteiger partial charge in [0.15, 0.2) is 0 Å². The van der Waals surface area contributed by atoms with E-state index in [0.29, 0.717) is 13.2 Å². The van der Waals surface area contributed by atoms with Crippen LogP contribution in [0.25, 0.3) is 0 Å². The Morgan fingerprint density at radius 3 is 1.00 bits per heavy atom. The molecule has 11 heteroatoms. The Morgan fingerprint density at radius 2 is 0.708 bits per heavy atom. The molecule has 0 bridgehead atoms. The molecule has 0 aromatic heterocycles. The summed E-state index contributed by atoms with van der Waals surface area (Å²) in [7, 11) is 0. The van der Waals surface area contributed by atoms with Crippen molar-refractivity contribution < 1.29 is 48.3 Å². The van der Waals surface area contributed by atoms with Crippen LogP contribution < -0.4 is 10.2 Å². The molecule has 0 aliphatic carbocycles. The first-order chi connectivity index (χ1) is 31.0. The predicted octanol–water partition coefficient (Wildman–Crippen LogP) is 11.1. The van der Waals surface area contributed by atoms with Crippen molar-refractivity contribution in [1.29, 1.82) is 0 Å². The third kappa shape index (κ3) is 40.6. The molecule has 65 heavy (non-hydrogen) atoms. The number of unbranched alkanes of at least 4 members (excludes halogenated alkanes) is 14. The van der Waals surface area contributed by atoms with E-state index < -0.39 is 11.9 Å². The molecule has 0 spiro atoms. The van der Waals surface area contributed by atoms with Gasteiger partial charge in [0, 0.05) is 25.8 Å². The molecule has 0 amide bonds. The molecular formula is C54H86BaO10. The molecule has 0 aliphatic rings. The molecule has 2 rings (SSSR count). The number of hydrogen-bond donors (Lipinski definition) is 0. The SMILES string of the molecule is CCCC(CCC(CCCCCCCCCCC(=O)[O-])OC(C)=O)OCc1ccccc1.CCCC(CCC(CCCCCCCCCCC(=O)[O-])OC(C)=O)OCc1ccccc1.[Ba+2]. The number of carboxylic acids is 2. The van der Waals surface area contributed by atoms with E-state index >= 15 is 0 Å². The Bertz CT molecular complexity index is 1320. The van der Waals surface area contributed by atoms with Crippen molar-refractivity contribution in [3.8, 4) is 0 Å². The summed E-state index contributed by atoms with van der Waals surface area (Å²) in [6, 6.07) is 20.5. The normalized spacial score (nSPS) is 12.7. The molecule has 2 aromatic carbocycles. The fraction of sp³-hybridized carbons (Fsp3) is 0.704. The predicted molar refractivity (Wildman–Crippen MR) is 258 cm³/mol. The number of esters is 2. The van der Waals surface area contributed by atoms with Crippen molar-refractivity contribution in [2.45, 2.75) is 245 Å². The van der Waals surface area contributed by atoms with E-state index in [1.807, 2.05) is 36.4 Å². The van der Waals surface area contributed by atoms with Gasteiger partial charge in [0.2, 0.25) is 0 Å². The van der Waals surface area contributed by atoms with Crippen molar-refractivity contribution in [2.75, 3.05) is 0 Å². The minimum Gasteiger partial charge on any atom is -0.550 e. The molecule has 0 aliphatic heterocycles. The van der Waals surface area contributed by atoms with Crippen LogP contribution in [0.1, 0.15) is 219 Å². The van der Waals surface area contributed by atoms with Gasteiger partial charge in [-0.2, -0.15) is 0 Å². The second kappa shape index (κ2) is 44.3. The van der Waals surface area contributed by atoms with Crippen LogP contribution in [0.3, 0.4) is 0 Å². The average molecular weight is 1030 g/mol. The van der Waals surface area contributed by atoms with E-state index in [2.05, 4.69) is 38.1 Å². The zero-order chi connectivity index (χ0) is 46.9. The monoisotopic (exact) mass is 1030 g/mol. The van der Waals surface area contributed by atoms with Gasteiger partial charge >= 0.3 is 60.8 Å². The molecular weight excluding hydrogens is 946 g/mol. The number of rotatable bonds is 40. The van der Waals surface area contributed by atoms with Crippen molar-refractivity contribution in [1.82, 2.24) is 0 Å². The molecule has 364 valence electrons. The molecule has 0 saturated heterocycles. The minimum atomic E-state index is -0.948. The molecule has 0 radical (unpaired) electrons. The maximum absolute atomic E-state index is 11.5. The molecule has 0 saturated carbocycles. The van der Waals surface area contributed by atoms with Crippen LogP contribution in [-0.4, -0.2) is 97.2 Å². The summed E-state index contributed by atoms with van der Waals surface area (Å²) in [6.45, 7) is 8.57. The van der Waals surface area contributed by atoms with E-state index in [-0.39, 0.29) is 98.1 Å². The van der Waals surface area contributed by atoms with Crippen molar-refractivity contribution in [3.05, 3.63) is 71.8 Å². The Labute approximate surface area is 434 Å². The summed E-state index contributed by atoms with van der Waals surface area (Å²) >= 11 is 0. The van der Waals surface area contributed by atoms with Crippen LogP contribution in [0, 0.1) is 0 Å². The Morgan fingerprint density at radius 1 is 0.415 bits per heavy atom. The van der Waals surface area contributed by atoms with Gasteiger partial charge in [-0.15, -0.1) is 0 Å². The van der Waals surface area contributed by atoms with Crippen LogP contribution in [0.5, 0.6) is 0 Å².